The molecule has 16 rings (SSSR count). The summed E-state index contributed by atoms with van der Waals surface area (Å²) in [7, 11) is 5.10. The molecule has 0 spiro atoms. The Morgan fingerprint density at radius 1 is 0.424 bits per heavy atom. The molecule has 0 aliphatic carbocycles. The number of carbonyl (C=O) groups excluding carboxylic acids is 8. The highest BCUT2D eigenvalue weighted by Crippen LogP contribution is 2.42. The van der Waals surface area contributed by atoms with Gasteiger partial charge in [-0.15, -0.1) is 0 Å². The van der Waals surface area contributed by atoms with E-state index in [9.17, 15) is 43.2 Å². The number of imidazole rings is 4. The third-order valence-electron chi connectivity index (χ3n) is 24.2. The average Bonchev–Trinajstić information content (AvgIpc) is 1.47. The fraction of sp³-hybridized carbons (Fsp3) is 0.324. The van der Waals surface area contributed by atoms with Gasteiger partial charge < -0.3 is 79.4 Å². The van der Waals surface area contributed by atoms with E-state index in [4.69, 9.17) is 39.0 Å². The Labute approximate surface area is 765 Å². The minimum absolute atomic E-state index is 0.0993. The first kappa shape index (κ1) is 93.2. The molecule has 4 saturated heterocycles. The maximum atomic E-state index is 14.0. The van der Waals surface area contributed by atoms with Crippen LogP contribution in [-0.2, 0) is 47.7 Å². The summed E-state index contributed by atoms with van der Waals surface area (Å²) >= 11 is 0. The first-order valence-corrected chi connectivity index (χ1v) is 44.1. The standard InChI is InChI=1S/C48H50N8O6.C43H49N7O5.C11H12O4/c1-28(2)41(53-47(59)61-4)45(57)55-21-9-12-39(55)43-49-26-38(52-43)36-20-19-34-23-33(17-18-35(34)24-36)30-13-15-31(16-14-30)37-25-50-44(51-37)40-22-29(3)27-56(40)46(58)42(54-48(60)62-5)32-10-7-6-8-11-32;1-25(2)37(48-41(52)54-7)40(51)49-18-8-9-35(49)38-44-23-34(47-38)32-17-16-30-20-29(14-15-31(30)21-32)27-10-12-28(13-11-27)33-22-45-39(46-33)36-19-26(3)24-50(36)42(53)55-43(4,5)6;1-15-10(12)7-9(11(13)14)8-5-3-2-4-6-8/h6-8,10-11,13-20,23-26,28,39-42H,3,9,12,21-22,27H2,1-2,4-5H3,(H,49,52)(H,50,51)(H,53,59)(H,54,60);10-17,20-23,25,35-37H,3,8-9,18-19,24H2,1-2,4-7H3,(H,44,47)(H,45,46)(H,48,52);2-6,9H,7H2,1H3,(H,13,14)/t39-,40-,41-,42+;35-,36-,37-;9-/m001/s1. The number of aromatic amines is 4. The quantitative estimate of drug-likeness (QED) is 0.0167. The number of carbonyl (C=O) groups is 9. The number of rotatable bonds is 23. The highest BCUT2D eigenvalue weighted by atomic mass is 16.6. The smallest absolute Gasteiger partial charge is 0.411 e. The summed E-state index contributed by atoms with van der Waals surface area (Å²) in [6, 6.07) is 56.5. The molecule has 4 aliphatic heterocycles. The molecule has 12 aromatic rings. The molecule has 684 valence electrons. The average molecular weight is 1790 g/mol. The van der Waals surface area contributed by atoms with Crippen LogP contribution in [-0.4, -0.2) is 191 Å². The molecule has 30 heteroatoms. The number of fused-ring (bicyclic) bond motifs is 2. The number of esters is 1. The van der Waals surface area contributed by atoms with Gasteiger partial charge in [0.15, 0.2) is 0 Å². The highest BCUT2D eigenvalue weighted by Gasteiger charge is 2.43. The Balaban J connectivity index is 0.000000184. The third kappa shape index (κ3) is 21.8. The van der Waals surface area contributed by atoms with Crippen LogP contribution in [0.2, 0.25) is 0 Å². The summed E-state index contributed by atoms with van der Waals surface area (Å²) in [4.78, 5) is 152. The van der Waals surface area contributed by atoms with Crippen LogP contribution in [0, 0.1) is 11.8 Å². The molecule has 4 fully saturated rings. The van der Waals surface area contributed by atoms with Crippen molar-refractivity contribution in [3.05, 3.63) is 266 Å². The minimum Gasteiger partial charge on any atom is -0.481 e. The van der Waals surface area contributed by atoms with E-state index in [-0.39, 0.29) is 66.2 Å². The molecule has 8 N–H and O–H groups in total. The second kappa shape index (κ2) is 41.2. The van der Waals surface area contributed by atoms with Gasteiger partial charge in [0.25, 0.3) is 5.91 Å². The summed E-state index contributed by atoms with van der Waals surface area (Å²) in [5, 5.41) is 21.4. The molecule has 0 bridgehead atoms. The van der Waals surface area contributed by atoms with E-state index < -0.39 is 59.9 Å². The van der Waals surface area contributed by atoms with E-state index in [0.717, 1.165) is 137 Å². The van der Waals surface area contributed by atoms with Gasteiger partial charge in [-0.2, -0.15) is 0 Å². The second-order valence-corrected chi connectivity index (χ2v) is 35.1. The topological polar surface area (TPSA) is 384 Å². The summed E-state index contributed by atoms with van der Waals surface area (Å²) in [5.74, 6) is -0.328. The van der Waals surface area contributed by atoms with E-state index in [1.54, 1.807) is 58.5 Å². The van der Waals surface area contributed by atoms with Crippen molar-refractivity contribution in [1.29, 1.82) is 0 Å². The number of hydrogen-bond donors (Lipinski definition) is 8. The van der Waals surface area contributed by atoms with Gasteiger partial charge in [0.2, 0.25) is 11.8 Å². The minimum atomic E-state index is -1.02. The number of nitrogens with one attached hydrogen (secondary N) is 7. The monoisotopic (exact) mass is 1790 g/mol. The first-order valence-electron chi connectivity index (χ1n) is 44.1. The number of nitrogens with zero attached hydrogens (tertiary/aromatic N) is 8. The van der Waals surface area contributed by atoms with E-state index in [0.29, 0.717) is 61.8 Å². The summed E-state index contributed by atoms with van der Waals surface area (Å²) in [6.45, 7) is 23.5. The predicted molar refractivity (Wildman–Crippen MR) is 501 cm³/mol. The number of benzene rings is 8. The van der Waals surface area contributed by atoms with E-state index in [1.165, 1.54) is 28.4 Å². The van der Waals surface area contributed by atoms with Crippen molar-refractivity contribution >= 4 is 75.6 Å². The van der Waals surface area contributed by atoms with Gasteiger partial charge in [0.05, 0.1) is 113 Å². The molecule has 4 aromatic heterocycles. The second-order valence-electron chi connectivity index (χ2n) is 35.1. The lowest BCUT2D eigenvalue weighted by Crippen LogP contribution is -2.51. The normalized spacial score (nSPS) is 16.9. The molecule has 8 atom stereocenters. The number of methoxy groups -OCH3 is 4. The highest BCUT2D eigenvalue weighted by molar-refractivity contribution is 5.94. The van der Waals surface area contributed by atoms with Gasteiger partial charge in [0, 0.05) is 37.3 Å². The van der Waals surface area contributed by atoms with Crippen LogP contribution in [0.15, 0.2) is 231 Å². The largest absolute Gasteiger partial charge is 0.481 e. The molecule has 30 nitrogen and oxygen atoms in total. The number of H-pyrrole nitrogens is 4. The molecular formula is C102H111N15O15. The molecule has 0 saturated carbocycles. The van der Waals surface area contributed by atoms with Crippen LogP contribution in [0.25, 0.3) is 88.8 Å². The molecular weight excluding hydrogens is 1680 g/mol. The zero-order valence-corrected chi connectivity index (χ0v) is 75.8. The van der Waals surface area contributed by atoms with Gasteiger partial charge in [-0.05, 0) is 161 Å². The van der Waals surface area contributed by atoms with Crippen LogP contribution in [0.3, 0.4) is 0 Å². The van der Waals surface area contributed by atoms with Crippen LogP contribution in [0.5, 0.6) is 0 Å². The number of likely N-dealkylation sites (tertiary alicyclic amines) is 4. The number of aromatic nitrogens is 8. The lowest BCUT2D eigenvalue weighted by atomic mass is 9.96. The van der Waals surface area contributed by atoms with Gasteiger partial charge in [-0.25, -0.2) is 39.1 Å². The summed E-state index contributed by atoms with van der Waals surface area (Å²) < 4.78 is 24.5. The van der Waals surface area contributed by atoms with Gasteiger partial charge in [-0.1, -0.05) is 210 Å². The van der Waals surface area contributed by atoms with Crippen molar-refractivity contribution in [2.75, 3.05) is 54.6 Å². The lowest BCUT2D eigenvalue weighted by molar-refractivity contribution is -0.147. The Morgan fingerprint density at radius 3 is 1.16 bits per heavy atom. The first-order chi connectivity index (χ1) is 63.4. The number of ether oxygens (including phenoxy) is 5. The van der Waals surface area contributed by atoms with Crippen LogP contribution in [0.1, 0.15) is 164 Å². The SMILES string of the molecule is C=C1C[C@@H](c2ncc(-c3ccc(-c4ccc5cc(-c6cnc([C@@H]7CCCN7C(=O)[C@@H](NC(=O)OC)C(C)C)[nH]6)ccc5c4)cc3)[nH]2)N(C(=O)OC(C)(C)C)C1.C=C1C[C@@H](c2ncc(-c3ccc(-c4ccc5cc(-c6cnc([C@@H]7CCCN7C(=O)[C@@H](NC(=O)OC)C(C)C)[nH]6)ccc5c4)cc3)[nH]2)N(C(=O)[C@H](NC(=O)OC)c2ccccc2)C1.COC(=O)C[C@@H](C(=O)O)c1ccccc1. The van der Waals surface area contributed by atoms with Crippen molar-refractivity contribution < 1.29 is 71.9 Å². The fourth-order valence-corrected chi connectivity index (χ4v) is 17.3. The van der Waals surface area contributed by atoms with Crippen molar-refractivity contribution in [2.45, 2.75) is 147 Å². The van der Waals surface area contributed by atoms with Crippen molar-refractivity contribution in [3.8, 4) is 67.3 Å². The van der Waals surface area contributed by atoms with E-state index in [1.807, 2.05) is 95.1 Å². The number of amides is 7. The zero-order chi connectivity index (χ0) is 93.8. The number of alkyl carbamates (subject to hydrolysis) is 3. The molecule has 7 amide bonds. The third-order valence-corrected chi connectivity index (χ3v) is 24.2. The Bertz CT molecular complexity index is 6210. The van der Waals surface area contributed by atoms with E-state index >= 15 is 0 Å². The number of aliphatic carboxylic acids is 1. The van der Waals surface area contributed by atoms with Crippen LogP contribution >= 0.6 is 0 Å². The Morgan fingerprint density at radius 2 is 0.773 bits per heavy atom. The van der Waals surface area contributed by atoms with Gasteiger partial charge in [0.1, 0.15) is 47.0 Å². The molecule has 132 heavy (non-hydrogen) atoms. The number of carboxylic acid groups (broad SMARTS) is 1. The van der Waals surface area contributed by atoms with Crippen molar-refractivity contribution in [1.82, 2.24) is 75.4 Å². The molecule has 8 aromatic carbocycles. The molecule has 0 unspecified atom stereocenters. The maximum Gasteiger partial charge on any atom is 0.411 e. The lowest BCUT2D eigenvalue weighted by Gasteiger charge is -2.30. The van der Waals surface area contributed by atoms with Crippen molar-refractivity contribution in [2.24, 2.45) is 11.8 Å². The summed E-state index contributed by atoms with van der Waals surface area (Å²) in [6.07, 6.45) is 9.23. The Kier molecular flexibility index (Phi) is 29.1. The molecule has 0 radical (unpaired) electrons. The number of carboxylic acids is 1. The molecule has 4 aliphatic rings. The summed E-state index contributed by atoms with van der Waals surface area (Å²) in [5.41, 5.74) is 14.2. The van der Waals surface area contributed by atoms with Crippen LogP contribution in [0.4, 0.5) is 19.2 Å². The fourth-order valence-electron chi connectivity index (χ4n) is 17.3. The maximum absolute atomic E-state index is 14.0. The van der Waals surface area contributed by atoms with E-state index in [2.05, 4.69) is 180 Å². The van der Waals surface area contributed by atoms with Gasteiger partial charge in [-0.3, -0.25) is 28.9 Å². The van der Waals surface area contributed by atoms with Gasteiger partial charge >= 0.3 is 36.3 Å². The molecule has 8 heterocycles. The van der Waals surface area contributed by atoms with Crippen LogP contribution < -0.4 is 16.0 Å². The predicted octanol–water partition coefficient (Wildman–Crippen LogP) is 18.2. The zero-order valence-electron chi connectivity index (χ0n) is 75.8. The Hall–Kier alpha value is -15.0. The number of hydrogen-bond acceptors (Lipinski definition) is 18. The van der Waals surface area contributed by atoms with Crippen molar-refractivity contribution in [3.63, 3.8) is 0 Å².